The van der Waals surface area contributed by atoms with Crippen LogP contribution < -0.4 is 0 Å². The first kappa shape index (κ1) is 12.0. The van der Waals surface area contributed by atoms with Gasteiger partial charge in [0.1, 0.15) is 11.1 Å². The molecule has 2 aromatic rings. The number of hydrogen-bond donors (Lipinski definition) is 0. The number of benzene rings is 1. The van der Waals surface area contributed by atoms with Gasteiger partial charge in [0, 0.05) is 11.1 Å². The Kier molecular flexibility index (Phi) is 3.68. The molecule has 0 amide bonds. The molecule has 0 aliphatic rings. The van der Waals surface area contributed by atoms with Crippen molar-refractivity contribution in [1.29, 1.82) is 5.26 Å². The molecule has 1 aromatic carbocycles. The molecule has 0 aliphatic carbocycles. The summed E-state index contributed by atoms with van der Waals surface area (Å²) in [6.07, 6.45) is 1.69. The lowest BCUT2D eigenvalue weighted by molar-refractivity contribution is 1.13. The van der Waals surface area contributed by atoms with E-state index in [0.29, 0.717) is 10.6 Å². The summed E-state index contributed by atoms with van der Waals surface area (Å²) in [5, 5.41) is 10.4. The maximum absolute atomic E-state index is 9.07. The van der Waals surface area contributed by atoms with E-state index in [1.807, 2.05) is 25.1 Å². The van der Waals surface area contributed by atoms with Crippen LogP contribution in [0.15, 0.2) is 46.5 Å². The molecule has 2 nitrogen and oxygen atoms in total. The lowest BCUT2D eigenvalue weighted by Crippen LogP contribution is -1.85. The number of aryl methyl sites for hydroxylation is 1. The Morgan fingerprint density at radius 2 is 2.18 bits per heavy atom. The normalized spacial score (nSPS) is 9.94. The Bertz CT molecular complexity index is 590. The van der Waals surface area contributed by atoms with Gasteiger partial charge in [-0.05, 0) is 36.8 Å². The molecule has 0 atom stereocenters. The van der Waals surface area contributed by atoms with Crippen molar-refractivity contribution < 1.29 is 0 Å². The number of nitrogens with zero attached hydrogens (tertiary/aromatic N) is 2. The molecule has 0 bridgehead atoms. The minimum Gasteiger partial charge on any atom is -0.248 e. The van der Waals surface area contributed by atoms with E-state index in [9.17, 15) is 0 Å². The van der Waals surface area contributed by atoms with Gasteiger partial charge in [-0.3, -0.25) is 0 Å². The lowest BCUT2D eigenvalue weighted by Gasteiger charge is -2.05. The van der Waals surface area contributed by atoms with E-state index in [1.165, 1.54) is 11.8 Å². The first-order chi connectivity index (χ1) is 8.20. The molecule has 17 heavy (non-hydrogen) atoms. The molecule has 0 N–H and O–H groups in total. The maximum Gasteiger partial charge on any atom is 0.119 e. The van der Waals surface area contributed by atoms with E-state index in [0.717, 1.165) is 15.5 Å². The lowest BCUT2D eigenvalue weighted by atomic mass is 10.2. The van der Waals surface area contributed by atoms with Crippen molar-refractivity contribution in [2.45, 2.75) is 16.8 Å². The first-order valence-electron chi connectivity index (χ1n) is 5.00. The van der Waals surface area contributed by atoms with Crippen LogP contribution in [0.25, 0.3) is 0 Å². The standard InChI is InChI=1S/C13H9ClN2S/c1-9-4-5-12(10(7-9)8-15)17-13-11(14)3-2-6-16-13/h2-7H,1H3. The number of pyridine rings is 1. The summed E-state index contributed by atoms with van der Waals surface area (Å²) in [7, 11) is 0. The average Bonchev–Trinajstić information content (AvgIpc) is 2.34. The van der Waals surface area contributed by atoms with Crippen LogP contribution in [-0.4, -0.2) is 4.98 Å². The average molecular weight is 261 g/mol. The van der Waals surface area contributed by atoms with Crippen molar-refractivity contribution in [2.75, 3.05) is 0 Å². The number of rotatable bonds is 2. The monoisotopic (exact) mass is 260 g/mol. The van der Waals surface area contributed by atoms with Crippen LogP contribution >= 0.6 is 23.4 Å². The molecule has 0 saturated carbocycles. The van der Waals surface area contributed by atoms with Crippen LogP contribution in [-0.2, 0) is 0 Å². The number of nitriles is 1. The van der Waals surface area contributed by atoms with E-state index >= 15 is 0 Å². The Morgan fingerprint density at radius 1 is 1.35 bits per heavy atom. The third-order valence-corrected chi connectivity index (χ3v) is 3.70. The largest absolute Gasteiger partial charge is 0.248 e. The molecule has 1 heterocycles. The molecule has 0 unspecified atom stereocenters. The SMILES string of the molecule is Cc1ccc(Sc2ncccc2Cl)c(C#N)c1. The highest BCUT2D eigenvalue weighted by Crippen LogP contribution is 2.33. The smallest absolute Gasteiger partial charge is 0.119 e. The Morgan fingerprint density at radius 3 is 2.88 bits per heavy atom. The zero-order valence-corrected chi connectivity index (χ0v) is 10.7. The Hall–Kier alpha value is -1.50. The van der Waals surface area contributed by atoms with Gasteiger partial charge in [-0.2, -0.15) is 5.26 Å². The minimum absolute atomic E-state index is 0.599. The van der Waals surface area contributed by atoms with Crippen LogP contribution in [0, 0.1) is 18.3 Å². The van der Waals surface area contributed by atoms with Crippen molar-refractivity contribution >= 4 is 23.4 Å². The van der Waals surface area contributed by atoms with E-state index < -0.39 is 0 Å². The van der Waals surface area contributed by atoms with Gasteiger partial charge in [-0.25, -0.2) is 4.98 Å². The van der Waals surface area contributed by atoms with E-state index in [1.54, 1.807) is 18.3 Å². The van der Waals surface area contributed by atoms with Crippen LogP contribution in [0.4, 0.5) is 0 Å². The van der Waals surface area contributed by atoms with Gasteiger partial charge in [0.15, 0.2) is 0 Å². The highest BCUT2D eigenvalue weighted by Gasteiger charge is 2.07. The first-order valence-corrected chi connectivity index (χ1v) is 6.19. The fourth-order valence-electron chi connectivity index (χ4n) is 1.37. The predicted octanol–water partition coefficient (Wildman–Crippen LogP) is 4.07. The minimum atomic E-state index is 0.599. The van der Waals surface area contributed by atoms with Crippen LogP contribution in [0.2, 0.25) is 5.02 Å². The molecule has 0 aliphatic heterocycles. The summed E-state index contributed by atoms with van der Waals surface area (Å²) in [6.45, 7) is 1.96. The van der Waals surface area contributed by atoms with Gasteiger partial charge >= 0.3 is 0 Å². The highest BCUT2D eigenvalue weighted by molar-refractivity contribution is 7.99. The fraction of sp³-hybridized carbons (Fsp3) is 0.0769. The predicted molar refractivity (Wildman–Crippen MR) is 69.3 cm³/mol. The molecule has 0 saturated heterocycles. The zero-order chi connectivity index (χ0) is 12.3. The molecule has 2 rings (SSSR count). The van der Waals surface area contributed by atoms with Crippen LogP contribution in [0.3, 0.4) is 0 Å². The second-order valence-corrected chi connectivity index (χ2v) is 4.94. The van der Waals surface area contributed by atoms with E-state index in [4.69, 9.17) is 16.9 Å². The molecule has 84 valence electrons. The van der Waals surface area contributed by atoms with Crippen molar-refractivity contribution in [1.82, 2.24) is 4.98 Å². The third-order valence-electron chi connectivity index (χ3n) is 2.19. The topological polar surface area (TPSA) is 36.7 Å². The van der Waals surface area contributed by atoms with Crippen molar-refractivity contribution in [2.24, 2.45) is 0 Å². The Balaban J connectivity index is 2.37. The quantitative estimate of drug-likeness (QED) is 0.817. The molecular weight excluding hydrogens is 252 g/mol. The zero-order valence-electron chi connectivity index (χ0n) is 9.14. The summed E-state index contributed by atoms with van der Waals surface area (Å²) in [5.74, 6) is 0. The molecule has 0 radical (unpaired) electrons. The molecule has 1 aromatic heterocycles. The summed E-state index contributed by atoms with van der Waals surface area (Å²) in [5.41, 5.74) is 1.72. The van der Waals surface area contributed by atoms with Gasteiger partial charge in [0.25, 0.3) is 0 Å². The second kappa shape index (κ2) is 5.22. The van der Waals surface area contributed by atoms with Crippen molar-refractivity contribution in [3.05, 3.63) is 52.7 Å². The van der Waals surface area contributed by atoms with Gasteiger partial charge in [-0.1, -0.05) is 29.4 Å². The highest BCUT2D eigenvalue weighted by atomic mass is 35.5. The van der Waals surface area contributed by atoms with E-state index in [2.05, 4.69) is 11.1 Å². The van der Waals surface area contributed by atoms with Gasteiger partial charge < -0.3 is 0 Å². The summed E-state index contributed by atoms with van der Waals surface area (Å²) < 4.78 is 0. The van der Waals surface area contributed by atoms with E-state index in [-0.39, 0.29) is 0 Å². The third kappa shape index (κ3) is 2.79. The summed E-state index contributed by atoms with van der Waals surface area (Å²) in [6, 6.07) is 11.5. The molecular formula is C13H9ClN2S. The summed E-state index contributed by atoms with van der Waals surface area (Å²) in [4.78, 5) is 5.07. The second-order valence-electron chi connectivity index (χ2n) is 3.50. The fourth-order valence-corrected chi connectivity index (χ4v) is 2.45. The Labute approximate surface area is 109 Å². The van der Waals surface area contributed by atoms with Gasteiger partial charge in [0.05, 0.1) is 10.6 Å². The summed E-state index contributed by atoms with van der Waals surface area (Å²) >= 11 is 7.44. The van der Waals surface area contributed by atoms with Gasteiger partial charge in [0.2, 0.25) is 0 Å². The van der Waals surface area contributed by atoms with Crippen molar-refractivity contribution in [3.8, 4) is 6.07 Å². The molecule has 0 spiro atoms. The van der Waals surface area contributed by atoms with Crippen LogP contribution in [0.5, 0.6) is 0 Å². The molecule has 0 fully saturated rings. The number of aromatic nitrogens is 1. The number of halogens is 1. The van der Waals surface area contributed by atoms with Crippen LogP contribution in [0.1, 0.15) is 11.1 Å². The molecule has 4 heteroatoms. The van der Waals surface area contributed by atoms with Crippen molar-refractivity contribution in [3.63, 3.8) is 0 Å². The van der Waals surface area contributed by atoms with Gasteiger partial charge in [-0.15, -0.1) is 0 Å². The maximum atomic E-state index is 9.07. The number of hydrogen-bond acceptors (Lipinski definition) is 3.